The Morgan fingerprint density at radius 2 is 1.91 bits per heavy atom. The van der Waals surface area contributed by atoms with Gasteiger partial charge in [0.25, 0.3) is 0 Å². The molecule has 0 bridgehead atoms. The van der Waals surface area contributed by atoms with E-state index < -0.39 is 12.6 Å². The summed E-state index contributed by atoms with van der Waals surface area (Å²) in [7, 11) is 0. The van der Waals surface area contributed by atoms with E-state index in [1.165, 1.54) is 0 Å². The normalized spacial score (nSPS) is 10.7. The van der Waals surface area contributed by atoms with Crippen LogP contribution < -0.4 is 10.2 Å². The Hall–Kier alpha value is -3.08. The molecule has 1 aromatic heterocycles. The van der Waals surface area contributed by atoms with Gasteiger partial charge in [-0.3, -0.25) is 4.79 Å². The summed E-state index contributed by atoms with van der Waals surface area (Å²) >= 11 is 0. The fraction of sp³-hybridized carbons (Fsp3) is 0.111. The van der Waals surface area contributed by atoms with Crippen molar-refractivity contribution in [1.82, 2.24) is 0 Å². The van der Waals surface area contributed by atoms with Gasteiger partial charge in [-0.25, -0.2) is 4.79 Å². The number of aliphatic carboxylic acids is 1. The van der Waals surface area contributed by atoms with Crippen LogP contribution in [0.3, 0.4) is 0 Å². The molecule has 5 heteroatoms. The van der Waals surface area contributed by atoms with Crippen LogP contribution in [-0.4, -0.2) is 17.7 Å². The van der Waals surface area contributed by atoms with Crippen LogP contribution in [0.2, 0.25) is 0 Å². The quantitative estimate of drug-likeness (QED) is 0.800. The number of rotatable bonds is 4. The minimum absolute atomic E-state index is 0.0880. The second-order valence-electron chi connectivity index (χ2n) is 5.14. The van der Waals surface area contributed by atoms with Gasteiger partial charge < -0.3 is 14.3 Å². The van der Waals surface area contributed by atoms with Gasteiger partial charge in [0.05, 0.1) is 5.39 Å². The Balaban J connectivity index is 2.28. The Bertz CT molecular complexity index is 925. The van der Waals surface area contributed by atoms with Crippen molar-refractivity contribution in [2.75, 3.05) is 6.61 Å². The third kappa shape index (κ3) is 2.94. The van der Waals surface area contributed by atoms with Crippen molar-refractivity contribution >= 4 is 16.9 Å². The molecule has 0 aliphatic heterocycles. The fourth-order valence-corrected chi connectivity index (χ4v) is 2.33. The lowest BCUT2D eigenvalue weighted by Crippen LogP contribution is -2.16. The predicted molar refractivity (Wildman–Crippen MR) is 85.8 cm³/mol. The van der Waals surface area contributed by atoms with Crippen molar-refractivity contribution in [1.29, 1.82) is 0 Å². The first-order chi connectivity index (χ1) is 11.1. The number of benzene rings is 2. The number of fused-ring (bicyclic) bond motifs is 1. The number of ether oxygens (including phenoxy) is 1. The van der Waals surface area contributed by atoms with Crippen molar-refractivity contribution in [2.24, 2.45) is 0 Å². The standard InChI is InChI=1S/C18H14O5/c1-11-7-8-13-14(9-11)23-17(12-5-3-2-4-6-12)18(16(13)21)22-10-15(19)20/h2-9H,10H2,1H3,(H,19,20). The molecule has 0 aliphatic carbocycles. The molecule has 5 nitrogen and oxygen atoms in total. The van der Waals surface area contributed by atoms with Crippen LogP contribution in [-0.2, 0) is 4.79 Å². The van der Waals surface area contributed by atoms with Crippen molar-refractivity contribution in [2.45, 2.75) is 6.92 Å². The third-order valence-corrected chi connectivity index (χ3v) is 3.38. The number of aryl methyl sites for hydroxylation is 1. The average molecular weight is 310 g/mol. The van der Waals surface area contributed by atoms with Gasteiger partial charge in [-0.1, -0.05) is 36.4 Å². The predicted octanol–water partition coefficient (Wildman–Crippen LogP) is 3.23. The van der Waals surface area contributed by atoms with Crippen LogP contribution in [0.4, 0.5) is 0 Å². The van der Waals surface area contributed by atoms with Crippen LogP contribution in [0, 0.1) is 6.92 Å². The van der Waals surface area contributed by atoms with Crippen LogP contribution in [0.25, 0.3) is 22.3 Å². The molecular formula is C18H14O5. The minimum Gasteiger partial charge on any atom is -0.479 e. The summed E-state index contributed by atoms with van der Waals surface area (Å²) in [6, 6.07) is 14.2. The van der Waals surface area contributed by atoms with Gasteiger partial charge in [-0.15, -0.1) is 0 Å². The Labute approximate surface area is 131 Å². The average Bonchev–Trinajstić information content (AvgIpc) is 2.54. The summed E-state index contributed by atoms with van der Waals surface area (Å²) in [5, 5.41) is 9.18. The van der Waals surface area contributed by atoms with Crippen molar-refractivity contribution < 1.29 is 19.1 Å². The van der Waals surface area contributed by atoms with Crippen LogP contribution >= 0.6 is 0 Å². The summed E-state index contributed by atoms with van der Waals surface area (Å²) in [5.74, 6) is -1.02. The van der Waals surface area contributed by atoms with E-state index in [2.05, 4.69) is 0 Å². The molecule has 1 heterocycles. The molecule has 0 aliphatic rings. The molecule has 0 saturated heterocycles. The van der Waals surface area contributed by atoms with Crippen LogP contribution in [0.5, 0.6) is 5.75 Å². The van der Waals surface area contributed by atoms with Gasteiger partial charge in [-0.2, -0.15) is 0 Å². The van der Waals surface area contributed by atoms with Gasteiger partial charge in [0.2, 0.25) is 11.2 Å². The minimum atomic E-state index is -1.16. The molecule has 0 unspecified atom stereocenters. The Kier molecular flexibility index (Phi) is 3.85. The monoisotopic (exact) mass is 310 g/mol. The second kappa shape index (κ2) is 5.96. The van der Waals surface area contributed by atoms with Gasteiger partial charge in [-0.05, 0) is 24.6 Å². The first kappa shape index (κ1) is 14.8. The first-order valence-electron chi connectivity index (χ1n) is 7.04. The highest BCUT2D eigenvalue weighted by Crippen LogP contribution is 2.31. The first-order valence-corrected chi connectivity index (χ1v) is 7.04. The third-order valence-electron chi connectivity index (χ3n) is 3.38. The summed E-state index contributed by atoms with van der Waals surface area (Å²) in [6.45, 7) is 1.29. The van der Waals surface area contributed by atoms with E-state index in [0.29, 0.717) is 16.5 Å². The van der Waals surface area contributed by atoms with Gasteiger partial charge in [0.1, 0.15) is 5.58 Å². The Morgan fingerprint density at radius 1 is 1.17 bits per heavy atom. The van der Waals surface area contributed by atoms with E-state index >= 15 is 0 Å². The van der Waals surface area contributed by atoms with Crippen LogP contribution in [0.1, 0.15) is 5.56 Å². The number of carboxylic acids is 1. The highest BCUT2D eigenvalue weighted by Gasteiger charge is 2.18. The smallest absolute Gasteiger partial charge is 0.341 e. The maximum absolute atomic E-state index is 12.7. The van der Waals surface area contributed by atoms with Crippen LogP contribution in [0.15, 0.2) is 57.7 Å². The molecule has 0 amide bonds. The molecule has 0 saturated carbocycles. The molecule has 0 atom stereocenters. The summed E-state index contributed by atoms with van der Waals surface area (Å²) < 4.78 is 11.1. The topological polar surface area (TPSA) is 76.7 Å². The Morgan fingerprint density at radius 3 is 2.61 bits per heavy atom. The number of carboxylic acid groups (broad SMARTS) is 1. The SMILES string of the molecule is Cc1ccc2c(=O)c(OCC(=O)O)c(-c3ccccc3)oc2c1. The molecule has 2 aromatic carbocycles. The molecular weight excluding hydrogens is 296 g/mol. The lowest BCUT2D eigenvalue weighted by atomic mass is 10.1. The molecule has 0 radical (unpaired) electrons. The zero-order chi connectivity index (χ0) is 16.4. The lowest BCUT2D eigenvalue weighted by Gasteiger charge is -2.10. The summed E-state index contributed by atoms with van der Waals surface area (Å²) in [5.41, 5.74) is 1.66. The van der Waals surface area contributed by atoms with Gasteiger partial charge in [0.15, 0.2) is 12.4 Å². The fourth-order valence-electron chi connectivity index (χ4n) is 2.33. The number of hydrogen-bond acceptors (Lipinski definition) is 4. The maximum atomic E-state index is 12.7. The zero-order valence-electron chi connectivity index (χ0n) is 12.4. The lowest BCUT2D eigenvalue weighted by molar-refractivity contribution is -0.139. The molecule has 116 valence electrons. The van der Waals surface area contributed by atoms with E-state index in [-0.39, 0.29) is 16.9 Å². The molecule has 3 aromatic rings. The van der Waals surface area contributed by atoms with Crippen molar-refractivity contribution in [3.8, 4) is 17.1 Å². The number of carbonyl (C=O) groups is 1. The van der Waals surface area contributed by atoms with Crippen molar-refractivity contribution in [3.63, 3.8) is 0 Å². The highest BCUT2D eigenvalue weighted by atomic mass is 16.5. The van der Waals surface area contributed by atoms with E-state index in [1.54, 1.807) is 42.5 Å². The molecule has 23 heavy (non-hydrogen) atoms. The number of hydrogen-bond donors (Lipinski definition) is 1. The second-order valence-corrected chi connectivity index (χ2v) is 5.14. The van der Waals surface area contributed by atoms with E-state index in [9.17, 15) is 9.59 Å². The zero-order valence-corrected chi connectivity index (χ0v) is 12.4. The van der Waals surface area contributed by atoms with E-state index in [4.69, 9.17) is 14.3 Å². The van der Waals surface area contributed by atoms with Crippen molar-refractivity contribution in [3.05, 3.63) is 64.3 Å². The van der Waals surface area contributed by atoms with Gasteiger partial charge in [0, 0.05) is 5.56 Å². The highest BCUT2D eigenvalue weighted by molar-refractivity contribution is 5.82. The molecule has 0 fully saturated rings. The maximum Gasteiger partial charge on any atom is 0.341 e. The molecule has 1 N–H and O–H groups in total. The summed E-state index contributed by atoms with van der Waals surface area (Å²) in [4.78, 5) is 23.5. The largest absolute Gasteiger partial charge is 0.479 e. The molecule has 0 spiro atoms. The summed E-state index contributed by atoms with van der Waals surface area (Å²) in [6.07, 6.45) is 0. The van der Waals surface area contributed by atoms with E-state index in [1.807, 2.05) is 13.0 Å². The molecule has 3 rings (SSSR count). The van der Waals surface area contributed by atoms with Gasteiger partial charge >= 0.3 is 5.97 Å². The van der Waals surface area contributed by atoms with E-state index in [0.717, 1.165) is 5.56 Å².